The zero-order chi connectivity index (χ0) is 24.1. The van der Waals surface area contributed by atoms with Crippen LogP contribution in [-0.2, 0) is 4.79 Å². The van der Waals surface area contributed by atoms with Crippen LogP contribution in [0.3, 0.4) is 0 Å². The van der Waals surface area contributed by atoms with Crippen molar-refractivity contribution in [2.45, 2.75) is 57.5 Å². The maximum absolute atomic E-state index is 12.7. The molecule has 0 aliphatic carbocycles. The number of nitrogens with zero attached hydrogens (tertiary/aromatic N) is 1. The number of nitrogens with one attached hydrogen (secondary N) is 1. The minimum absolute atomic E-state index is 0.0577. The van der Waals surface area contributed by atoms with Gasteiger partial charge in [-0.3, -0.25) is 14.4 Å². The van der Waals surface area contributed by atoms with Crippen LogP contribution in [0.25, 0.3) is 0 Å². The van der Waals surface area contributed by atoms with Crippen molar-refractivity contribution in [3.8, 4) is 5.75 Å². The van der Waals surface area contributed by atoms with Crippen LogP contribution in [0.4, 0.5) is 0 Å². The van der Waals surface area contributed by atoms with E-state index in [-0.39, 0.29) is 17.6 Å². The fraction of sp³-hybridized carbons (Fsp3) is 0.444. The fourth-order valence-electron chi connectivity index (χ4n) is 4.69. The summed E-state index contributed by atoms with van der Waals surface area (Å²) in [7, 11) is 0. The number of amides is 2. The summed E-state index contributed by atoms with van der Waals surface area (Å²) in [5.41, 5.74) is 1.57. The number of rotatable bonds is 7. The van der Waals surface area contributed by atoms with Crippen molar-refractivity contribution in [1.82, 2.24) is 10.2 Å². The number of carbonyl (C=O) groups is 3. The SMILES string of the molecule is Cc1cc2c(cc1Cl)C(=O)CC1(CCN(C(=O)CCCCCNC(=O)c3ccccc3)CC1)O2. The van der Waals surface area contributed by atoms with Crippen LogP contribution >= 0.6 is 11.6 Å². The van der Waals surface area contributed by atoms with Gasteiger partial charge in [-0.05, 0) is 49.6 Å². The summed E-state index contributed by atoms with van der Waals surface area (Å²) in [5, 5.41) is 3.49. The van der Waals surface area contributed by atoms with E-state index in [1.807, 2.05) is 36.1 Å². The van der Waals surface area contributed by atoms with E-state index in [1.54, 1.807) is 18.2 Å². The summed E-state index contributed by atoms with van der Waals surface area (Å²) in [6.07, 6.45) is 4.65. The Hall–Kier alpha value is -2.86. The molecule has 1 saturated heterocycles. The minimum Gasteiger partial charge on any atom is -0.486 e. The highest BCUT2D eigenvalue weighted by Crippen LogP contribution is 2.41. The quantitative estimate of drug-likeness (QED) is 0.565. The standard InChI is InChI=1S/C27H31ClN2O4/c1-19-16-24-21(17-22(19)28)23(31)18-27(34-24)11-14-30(15-12-27)25(32)10-6-3-7-13-29-26(33)20-8-4-2-5-9-20/h2,4-5,8-9,16-17H,3,6-7,10-15,18H2,1H3,(H,29,33). The fourth-order valence-corrected chi connectivity index (χ4v) is 4.85. The van der Waals surface area contributed by atoms with Crippen LogP contribution < -0.4 is 10.1 Å². The van der Waals surface area contributed by atoms with Gasteiger partial charge in [-0.25, -0.2) is 0 Å². The Kier molecular flexibility index (Phi) is 7.57. The van der Waals surface area contributed by atoms with Gasteiger partial charge in [0.25, 0.3) is 5.91 Å². The van der Waals surface area contributed by atoms with E-state index in [9.17, 15) is 14.4 Å². The number of piperidine rings is 1. The molecule has 0 atom stereocenters. The van der Waals surface area contributed by atoms with Crippen LogP contribution in [0.5, 0.6) is 5.75 Å². The smallest absolute Gasteiger partial charge is 0.251 e. The lowest BCUT2D eigenvalue weighted by Gasteiger charge is -2.44. The predicted molar refractivity (Wildman–Crippen MR) is 132 cm³/mol. The summed E-state index contributed by atoms with van der Waals surface area (Å²) in [6.45, 7) is 3.70. The number of hydrogen-bond acceptors (Lipinski definition) is 4. The van der Waals surface area contributed by atoms with E-state index in [0.717, 1.165) is 24.8 Å². The molecular formula is C27H31ClN2O4. The number of ether oxygens (including phenoxy) is 1. The Morgan fingerprint density at radius 3 is 2.56 bits per heavy atom. The molecule has 6 nitrogen and oxygen atoms in total. The van der Waals surface area contributed by atoms with Crippen LogP contribution in [0.1, 0.15) is 71.2 Å². The van der Waals surface area contributed by atoms with E-state index in [1.165, 1.54) is 0 Å². The average molecular weight is 483 g/mol. The van der Waals surface area contributed by atoms with Gasteiger partial charge < -0.3 is 15.0 Å². The Balaban J connectivity index is 1.17. The van der Waals surface area contributed by atoms with Crippen molar-refractivity contribution < 1.29 is 19.1 Å². The lowest BCUT2D eigenvalue weighted by atomic mass is 9.82. The number of fused-ring (bicyclic) bond motifs is 1. The van der Waals surface area contributed by atoms with Crippen LogP contribution in [0.15, 0.2) is 42.5 Å². The van der Waals surface area contributed by atoms with Gasteiger partial charge in [-0.15, -0.1) is 0 Å². The Morgan fingerprint density at radius 1 is 1.09 bits per heavy atom. The average Bonchev–Trinajstić information content (AvgIpc) is 2.83. The molecule has 0 unspecified atom stereocenters. The molecule has 0 aromatic heterocycles. The molecule has 0 bridgehead atoms. The number of likely N-dealkylation sites (tertiary alicyclic amines) is 1. The highest BCUT2D eigenvalue weighted by Gasteiger charge is 2.43. The third-order valence-corrected chi connectivity index (χ3v) is 7.19. The van der Waals surface area contributed by atoms with Gasteiger partial charge in [-0.1, -0.05) is 36.2 Å². The maximum Gasteiger partial charge on any atom is 0.251 e. The van der Waals surface area contributed by atoms with Crippen molar-refractivity contribution in [3.05, 3.63) is 64.2 Å². The van der Waals surface area contributed by atoms with Gasteiger partial charge in [0, 0.05) is 49.5 Å². The second-order valence-corrected chi connectivity index (χ2v) is 9.70. The van der Waals surface area contributed by atoms with Gasteiger partial charge >= 0.3 is 0 Å². The molecule has 1 spiro atoms. The van der Waals surface area contributed by atoms with Crippen molar-refractivity contribution in [3.63, 3.8) is 0 Å². The van der Waals surface area contributed by atoms with Gasteiger partial charge in [0.2, 0.25) is 5.91 Å². The van der Waals surface area contributed by atoms with Gasteiger partial charge in [0.05, 0.1) is 12.0 Å². The van der Waals surface area contributed by atoms with Gasteiger partial charge in [0.15, 0.2) is 5.78 Å². The summed E-state index contributed by atoms with van der Waals surface area (Å²) < 4.78 is 6.32. The zero-order valence-electron chi connectivity index (χ0n) is 19.6. The molecule has 0 radical (unpaired) electrons. The number of hydrogen-bond donors (Lipinski definition) is 1. The Labute approximate surface area is 205 Å². The molecule has 1 N–H and O–H groups in total. The highest BCUT2D eigenvalue weighted by molar-refractivity contribution is 6.31. The molecule has 2 aromatic carbocycles. The molecule has 7 heteroatoms. The van der Waals surface area contributed by atoms with Crippen LogP contribution in [0, 0.1) is 6.92 Å². The Bertz CT molecular complexity index is 1060. The van der Waals surface area contributed by atoms with E-state index < -0.39 is 5.60 Å². The second kappa shape index (κ2) is 10.6. The second-order valence-electron chi connectivity index (χ2n) is 9.30. The Morgan fingerprint density at radius 2 is 1.82 bits per heavy atom. The summed E-state index contributed by atoms with van der Waals surface area (Å²) in [6, 6.07) is 12.7. The normalized spacial score (nSPS) is 16.6. The summed E-state index contributed by atoms with van der Waals surface area (Å²) >= 11 is 6.18. The summed E-state index contributed by atoms with van der Waals surface area (Å²) in [5.74, 6) is 0.746. The van der Waals surface area contributed by atoms with Crippen molar-refractivity contribution in [2.24, 2.45) is 0 Å². The first-order valence-electron chi connectivity index (χ1n) is 12.0. The largest absolute Gasteiger partial charge is 0.486 e. The number of benzene rings is 2. The molecule has 2 amide bonds. The molecule has 34 heavy (non-hydrogen) atoms. The molecule has 1 fully saturated rings. The molecule has 0 saturated carbocycles. The van der Waals surface area contributed by atoms with E-state index in [4.69, 9.17) is 16.3 Å². The van der Waals surface area contributed by atoms with Crippen molar-refractivity contribution in [2.75, 3.05) is 19.6 Å². The first-order chi connectivity index (χ1) is 16.4. The number of halogens is 1. The first-order valence-corrected chi connectivity index (χ1v) is 12.4. The molecule has 2 aromatic rings. The van der Waals surface area contributed by atoms with Crippen LogP contribution in [0.2, 0.25) is 5.02 Å². The summed E-state index contributed by atoms with van der Waals surface area (Å²) in [4.78, 5) is 39.3. The highest BCUT2D eigenvalue weighted by atomic mass is 35.5. The molecule has 2 aliphatic heterocycles. The first kappa shape index (κ1) is 24.3. The molecule has 2 heterocycles. The molecular weight excluding hydrogens is 452 g/mol. The van der Waals surface area contributed by atoms with E-state index in [0.29, 0.717) is 67.2 Å². The lowest BCUT2D eigenvalue weighted by Crippen LogP contribution is -2.52. The topological polar surface area (TPSA) is 75.7 Å². The number of Topliss-reactive ketones (excluding diaryl/α,β-unsaturated/α-hetero) is 1. The van der Waals surface area contributed by atoms with Crippen molar-refractivity contribution in [1.29, 1.82) is 0 Å². The molecule has 180 valence electrons. The minimum atomic E-state index is -0.530. The van der Waals surface area contributed by atoms with Gasteiger partial charge in [-0.2, -0.15) is 0 Å². The van der Waals surface area contributed by atoms with E-state index in [2.05, 4.69) is 5.32 Å². The number of ketones is 1. The van der Waals surface area contributed by atoms with Crippen LogP contribution in [-0.4, -0.2) is 47.7 Å². The number of aryl methyl sites for hydroxylation is 1. The lowest BCUT2D eigenvalue weighted by molar-refractivity contribution is -0.134. The van der Waals surface area contributed by atoms with Crippen molar-refractivity contribution >= 4 is 29.2 Å². The number of unbranched alkanes of at least 4 members (excludes halogenated alkanes) is 2. The third kappa shape index (κ3) is 5.61. The maximum atomic E-state index is 12.7. The van der Waals surface area contributed by atoms with E-state index >= 15 is 0 Å². The molecule has 4 rings (SSSR count). The molecule has 2 aliphatic rings. The third-order valence-electron chi connectivity index (χ3n) is 6.79. The number of carbonyl (C=O) groups excluding carboxylic acids is 3. The predicted octanol–water partition coefficient (Wildman–Crippen LogP) is 4.97. The monoisotopic (exact) mass is 482 g/mol. The van der Waals surface area contributed by atoms with Gasteiger partial charge in [0.1, 0.15) is 11.4 Å². The zero-order valence-corrected chi connectivity index (χ0v) is 20.3.